The molecule has 0 saturated carbocycles. The molecule has 0 unspecified atom stereocenters. The number of nitrogens with one attached hydrogen (secondary N) is 1. The van der Waals surface area contributed by atoms with Gasteiger partial charge in [-0.25, -0.2) is 15.4 Å². The van der Waals surface area contributed by atoms with Crippen molar-refractivity contribution < 1.29 is 19.1 Å². The number of Topliss-reactive ketones (excluding diaryl/α,β-unsaturated/α-hetero) is 1. The van der Waals surface area contributed by atoms with Crippen LogP contribution in [0, 0.1) is 0 Å². The second-order valence-corrected chi connectivity index (χ2v) is 3.40. The van der Waals surface area contributed by atoms with Gasteiger partial charge in [0.05, 0.1) is 7.11 Å². The lowest BCUT2D eigenvalue weighted by Crippen LogP contribution is -2.45. The third-order valence-electron chi connectivity index (χ3n) is 2.13. The maximum Gasteiger partial charge on any atom is 0.432 e. The molecule has 1 rings (SSSR count). The minimum Gasteiger partial charge on any atom is -0.451 e. The Morgan fingerprint density at radius 1 is 1.22 bits per heavy atom. The second-order valence-electron chi connectivity index (χ2n) is 3.40. The molecule has 0 heterocycles. The average molecular weight is 251 g/mol. The first-order valence-electron chi connectivity index (χ1n) is 5.00. The molecule has 18 heavy (non-hydrogen) atoms. The van der Waals surface area contributed by atoms with Crippen molar-refractivity contribution in [1.82, 2.24) is 5.01 Å². The Labute approximate surface area is 103 Å². The summed E-state index contributed by atoms with van der Waals surface area (Å²) >= 11 is 0. The van der Waals surface area contributed by atoms with E-state index in [2.05, 4.69) is 10.1 Å². The molecule has 7 heteroatoms. The largest absolute Gasteiger partial charge is 0.451 e. The van der Waals surface area contributed by atoms with Gasteiger partial charge < -0.3 is 10.1 Å². The number of rotatable bonds is 2. The van der Waals surface area contributed by atoms with E-state index >= 15 is 0 Å². The van der Waals surface area contributed by atoms with Gasteiger partial charge in [0, 0.05) is 11.3 Å². The zero-order chi connectivity index (χ0) is 13.7. The molecule has 0 fully saturated rings. The third-order valence-corrected chi connectivity index (χ3v) is 2.13. The summed E-state index contributed by atoms with van der Waals surface area (Å²) < 4.78 is 4.28. The van der Waals surface area contributed by atoms with Gasteiger partial charge >= 0.3 is 12.1 Å². The topological polar surface area (TPSA) is 102 Å². The predicted octanol–water partition coefficient (Wildman–Crippen LogP) is 1.36. The van der Waals surface area contributed by atoms with Crippen molar-refractivity contribution in [3.05, 3.63) is 29.8 Å². The van der Waals surface area contributed by atoms with Gasteiger partial charge in [0.1, 0.15) is 0 Å². The number of hydrogen-bond acceptors (Lipinski definition) is 5. The number of imide groups is 1. The third kappa shape index (κ3) is 3.29. The van der Waals surface area contributed by atoms with E-state index in [1.54, 1.807) is 12.1 Å². The number of carbonyl (C=O) groups is 3. The first kappa shape index (κ1) is 13.7. The first-order chi connectivity index (χ1) is 8.45. The van der Waals surface area contributed by atoms with Gasteiger partial charge in [-0.3, -0.25) is 4.79 Å². The van der Waals surface area contributed by atoms with E-state index in [9.17, 15) is 14.4 Å². The van der Waals surface area contributed by atoms with Crippen molar-refractivity contribution in [3.63, 3.8) is 0 Å². The van der Waals surface area contributed by atoms with Crippen LogP contribution in [-0.4, -0.2) is 30.0 Å². The predicted molar refractivity (Wildman–Crippen MR) is 63.9 cm³/mol. The normalized spacial score (nSPS) is 9.50. The number of carbonyl (C=O) groups excluding carboxylic acids is 3. The molecule has 0 bridgehead atoms. The van der Waals surface area contributed by atoms with E-state index in [-0.39, 0.29) is 5.78 Å². The monoisotopic (exact) mass is 251 g/mol. The van der Waals surface area contributed by atoms with Gasteiger partial charge in [-0.05, 0) is 31.2 Å². The highest BCUT2D eigenvalue weighted by molar-refractivity contribution is 5.99. The SMILES string of the molecule is COC(=O)N(N)C(=O)Nc1ccc(C(C)=O)cc1. The maximum absolute atomic E-state index is 11.5. The summed E-state index contributed by atoms with van der Waals surface area (Å²) in [4.78, 5) is 33.5. The van der Waals surface area contributed by atoms with Crippen LogP contribution < -0.4 is 11.2 Å². The fraction of sp³-hybridized carbons (Fsp3) is 0.182. The Morgan fingerprint density at radius 2 is 1.78 bits per heavy atom. The Balaban J connectivity index is 2.70. The molecule has 0 aliphatic carbocycles. The van der Waals surface area contributed by atoms with E-state index in [0.29, 0.717) is 16.3 Å². The van der Waals surface area contributed by atoms with Crippen molar-refractivity contribution in [2.24, 2.45) is 5.84 Å². The molecule has 0 atom stereocenters. The van der Waals surface area contributed by atoms with Crippen LogP contribution >= 0.6 is 0 Å². The number of urea groups is 1. The number of nitrogens with two attached hydrogens (primary N) is 1. The molecule has 0 aliphatic rings. The quantitative estimate of drug-likeness (QED) is 0.357. The number of ketones is 1. The van der Waals surface area contributed by atoms with Crippen molar-refractivity contribution >= 4 is 23.6 Å². The van der Waals surface area contributed by atoms with E-state index in [4.69, 9.17) is 5.84 Å². The van der Waals surface area contributed by atoms with Gasteiger partial charge in [0.25, 0.3) is 0 Å². The van der Waals surface area contributed by atoms with Crippen LogP contribution in [0.25, 0.3) is 0 Å². The lowest BCUT2D eigenvalue weighted by atomic mass is 10.1. The Hall–Kier alpha value is -2.41. The molecule has 3 amide bonds. The molecule has 7 nitrogen and oxygen atoms in total. The fourth-order valence-corrected chi connectivity index (χ4v) is 1.15. The maximum atomic E-state index is 11.5. The van der Waals surface area contributed by atoms with E-state index in [0.717, 1.165) is 7.11 Å². The summed E-state index contributed by atoms with van der Waals surface area (Å²) in [5.41, 5.74) is 0.926. The minimum absolute atomic E-state index is 0.0807. The number of amides is 3. The standard InChI is InChI=1S/C11H13N3O4/c1-7(15)8-3-5-9(6-4-8)13-10(16)14(12)11(17)18-2/h3-6H,12H2,1-2H3,(H,13,16). The minimum atomic E-state index is -0.979. The Morgan fingerprint density at radius 3 is 2.22 bits per heavy atom. The highest BCUT2D eigenvalue weighted by atomic mass is 16.5. The van der Waals surface area contributed by atoms with Gasteiger partial charge in [0.2, 0.25) is 0 Å². The summed E-state index contributed by atoms with van der Waals surface area (Å²) in [6.45, 7) is 1.44. The average Bonchev–Trinajstić information content (AvgIpc) is 2.37. The Bertz CT molecular complexity index is 470. The molecule has 0 spiro atoms. The fourth-order valence-electron chi connectivity index (χ4n) is 1.15. The van der Waals surface area contributed by atoms with Crippen LogP contribution in [-0.2, 0) is 4.74 Å². The molecule has 1 aromatic rings. The summed E-state index contributed by atoms with van der Waals surface area (Å²) in [5, 5.41) is 2.68. The summed E-state index contributed by atoms with van der Waals surface area (Å²) in [5.74, 6) is 5.11. The molecule has 96 valence electrons. The zero-order valence-electron chi connectivity index (χ0n) is 9.97. The van der Waals surface area contributed by atoms with Crippen LogP contribution in [0.15, 0.2) is 24.3 Å². The van der Waals surface area contributed by atoms with Crippen LogP contribution in [0.4, 0.5) is 15.3 Å². The van der Waals surface area contributed by atoms with Gasteiger partial charge in [0.15, 0.2) is 5.78 Å². The molecule has 0 saturated heterocycles. The van der Waals surface area contributed by atoms with Crippen LogP contribution in [0.1, 0.15) is 17.3 Å². The molecule has 0 aromatic heterocycles. The summed E-state index contributed by atoms with van der Waals surface area (Å²) in [6.07, 6.45) is -0.979. The van der Waals surface area contributed by atoms with E-state index in [1.807, 2.05) is 0 Å². The highest BCUT2D eigenvalue weighted by Gasteiger charge is 2.17. The molecule has 0 radical (unpaired) electrons. The molecule has 3 N–H and O–H groups in total. The number of nitrogens with zero attached hydrogens (tertiary/aromatic N) is 1. The van der Waals surface area contributed by atoms with Crippen molar-refractivity contribution in [1.29, 1.82) is 0 Å². The van der Waals surface area contributed by atoms with Crippen molar-refractivity contribution in [3.8, 4) is 0 Å². The molecular weight excluding hydrogens is 238 g/mol. The number of hydrazine groups is 1. The highest BCUT2D eigenvalue weighted by Crippen LogP contribution is 2.10. The van der Waals surface area contributed by atoms with Gasteiger partial charge in [-0.1, -0.05) is 0 Å². The smallest absolute Gasteiger partial charge is 0.432 e. The van der Waals surface area contributed by atoms with Crippen molar-refractivity contribution in [2.45, 2.75) is 6.92 Å². The number of hydrogen-bond donors (Lipinski definition) is 2. The second kappa shape index (κ2) is 5.78. The number of anilines is 1. The number of methoxy groups -OCH3 is 1. The number of benzene rings is 1. The summed E-state index contributed by atoms with van der Waals surface area (Å²) in [7, 11) is 1.11. The van der Waals surface area contributed by atoms with Crippen LogP contribution in [0.3, 0.4) is 0 Å². The lowest BCUT2D eigenvalue weighted by molar-refractivity contribution is 0.101. The van der Waals surface area contributed by atoms with Crippen LogP contribution in [0.5, 0.6) is 0 Å². The first-order valence-corrected chi connectivity index (χ1v) is 5.00. The van der Waals surface area contributed by atoms with Gasteiger partial charge in [-0.15, -0.1) is 0 Å². The molecule has 1 aromatic carbocycles. The van der Waals surface area contributed by atoms with Crippen molar-refractivity contribution in [2.75, 3.05) is 12.4 Å². The lowest BCUT2D eigenvalue weighted by Gasteiger charge is -2.13. The number of ether oxygens (including phenoxy) is 1. The van der Waals surface area contributed by atoms with E-state index in [1.165, 1.54) is 19.1 Å². The molecular formula is C11H13N3O4. The van der Waals surface area contributed by atoms with E-state index < -0.39 is 12.1 Å². The molecule has 0 aliphatic heterocycles. The van der Waals surface area contributed by atoms with Crippen LogP contribution in [0.2, 0.25) is 0 Å². The zero-order valence-corrected chi connectivity index (χ0v) is 9.97. The Kier molecular flexibility index (Phi) is 4.39. The van der Waals surface area contributed by atoms with Gasteiger partial charge in [-0.2, -0.15) is 5.01 Å². The summed E-state index contributed by atoms with van der Waals surface area (Å²) in [6, 6.07) is 5.32.